The molecule has 1 unspecified atom stereocenters. The third-order valence-electron chi connectivity index (χ3n) is 3.01. The van der Waals surface area contributed by atoms with Crippen molar-refractivity contribution in [2.75, 3.05) is 0 Å². The highest BCUT2D eigenvalue weighted by Gasteiger charge is 2.36. The number of rotatable bonds is 4. The Morgan fingerprint density at radius 1 is 1.19 bits per heavy atom. The van der Waals surface area contributed by atoms with E-state index in [1.165, 1.54) is 6.07 Å². The molecule has 2 N–H and O–H groups in total. The van der Waals surface area contributed by atoms with Gasteiger partial charge in [-0.2, -0.15) is 0 Å². The summed E-state index contributed by atoms with van der Waals surface area (Å²) >= 11 is 0. The Morgan fingerprint density at radius 2 is 1.62 bits per heavy atom. The molecule has 0 aliphatic carbocycles. The van der Waals surface area contributed by atoms with Crippen molar-refractivity contribution in [3.63, 3.8) is 0 Å². The predicted molar refractivity (Wildman–Crippen MR) is 56.8 cm³/mol. The van der Waals surface area contributed by atoms with Gasteiger partial charge in [0.15, 0.2) is 0 Å². The summed E-state index contributed by atoms with van der Waals surface area (Å²) in [6, 6.07) is 3.35. The van der Waals surface area contributed by atoms with Gasteiger partial charge in [0.2, 0.25) is 0 Å². The normalized spacial score (nSPS) is 13.9. The highest BCUT2D eigenvalue weighted by molar-refractivity contribution is 5.24. The molecule has 16 heavy (non-hydrogen) atoms. The van der Waals surface area contributed by atoms with Crippen LogP contribution in [-0.2, 0) is 0 Å². The van der Waals surface area contributed by atoms with Gasteiger partial charge in [0.25, 0.3) is 0 Å². The maximum absolute atomic E-state index is 13.4. The van der Waals surface area contributed by atoms with E-state index in [1.807, 2.05) is 0 Å². The van der Waals surface area contributed by atoms with Gasteiger partial charge in [-0.25, -0.2) is 8.78 Å². The molecule has 0 bridgehead atoms. The Kier molecular flexibility index (Phi) is 3.99. The number of hydrogen-bond acceptors (Lipinski definition) is 2. The molecule has 2 nitrogen and oxygen atoms in total. The second-order valence-electron chi connectivity index (χ2n) is 3.85. The summed E-state index contributed by atoms with van der Waals surface area (Å²) in [5.74, 6) is -1.68. The average Bonchev–Trinajstić information content (AvgIpc) is 2.27. The molecular weight excluding hydrogens is 214 g/mol. The van der Waals surface area contributed by atoms with Crippen LogP contribution in [0.5, 0.6) is 0 Å². The molecule has 1 aromatic rings. The monoisotopic (exact) mass is 230 g/mol. The fourth-order valence-corrected chi connectivity index (χ4v) is 1.68. The van der Waals surface area contributed by atoms with E-state index in [4.69, 9.17) is 0 Å². The van der Waals surface area contributed by atoms with Gasteiger partial charge in [0, 0.05) is 0 Å². The molecule has 0 aromatic heterocycles. The van der Waals surface area contributed by atoms with Crippen LogP contribution in [0.2, 0.25) is 0 Å². The zero-order chi connectivity index (χ0) is 12.3. The van der Waals surface area contributed by atoms with Gasteiger partial charge >= 0.3 is 0 Å². The van der Waals surface area contributed by atoms with Gasteiger partial charge in [0.05, 0.1) is 11.2 Å². The molecule has 0 amide bonds. The first-order valence-corrected chi connectivity index (χ1v) is 5.30. The number of hydrogen-bond donors (Lipinski definition) is 2. The fourth-order valence-electron chi connectivity index (χ4n) is 1.68. The maximum Gasteiger partial charge on any atom is 0.132 e. The Hall–Kier alpha value is -1.00. The summed E-state index contributed by atoms with van der Waals surface area (Å²) in [5.41, 5.74) is -1.96. The van der Waals surface area contributed by atoms with Crippen LogP contribution in [0, 0.1) is 11.6 Å². The smallest absolute Gasteiger partial charge is 0.132 e. The Balaban J connectivity index is 3.18. The Bertz CT molecular complexity index is 342. The van der Waals surface area contributed by atoms with Crippen LogP contribution in [0.25, 0.3) is 0 Å². The molecule has 1 rings (SSSR count). The van der Waals surface area contributed by atoms with Gasteiger partial charge in [-0.15, -0.1) is 0 Å². The minimum absolute atomic E-state index is 0.221. The first-order chi connectivity index (χ1) is 7.46. The van der Waals surface area contributed by atoms with Crippen LogP contribution in [-0.4, -0.2) is 15.8 Å². The number of aliphatic hydroxyl groups excluding tert-OH is 1. The van der Waals surface area contributed by atoms with E-state index < -0.39 is 28.9 Å². The lowest BCUT2D eigenvalue weighted by molar-refractivity contribution is -0.0848. The summed E-state index contributed by atoms with van der Waals surface area (Å²) in [4.78, 5) is 0. The minimum atomic E-state index is -1.55. The lowest BCUT2D eigenvalue weighted by Crippen LogP contribution is -2.35. The van der Waals surface area contributed by atoms with E-state index in [-0.39, 0.29) is 12.8 Å². The molecule has 0 saturated carbocycles. The lowest BCUT2D eigenvalue weighted by atomic mass is 9.86. The van der Waals surface area contributed by atoms with Crippen molar-refractivity contribution in [2.45, 2.75) is 38.4 Å². The first-order valence-electron chi connectivity index (χ1n) is 5.30. The highest BCUT2D eigenvalue weighted by atomic mass is 19.1. The molecule has 0 radical (unpaired) electrons. The van der Waals surface area contributed by atoms with E-state index in [9.17, 15) is 19.0 Å². The highest BCUT2D eigenvalue weighted by Crippen LogP contribution is 2.34. The molecule has 90 valence electrons. The number of benzene rings is 1. The maximum atomic E-state index is 13.4. The second-order valence-corrected chi connectivity index (χ2v) is 3.85. The van der Waals surface area contributed by atoms with E-state index in [1.54, 1.807) is 13.8 Å². The van der Waals surface area contributed by atoms with Crippen molar-refractivity contribution in [1.82, 2.24) is 0 Å². The zero-order valence-corrected chi connectivity index (χ0v) is 9.37. The van der Waals surface area contributed by atoms with Crippen LogP contribution in [0.1, 0.15) is 38.4 Å². The molecule has 0 fully saturated rings. The quantitative estimate of drug-likeness (QED) is 0.834. The second kappa shape index (κ2) is 4.89. The third kappa shape index (κ3) is 2.23. The van der Waals surface area contributed by atoms with Crippen molar-refractivity contribution < 1.29 is 19.0 Å². The van der Waals surface area contributed by atoms with E-state index in [2.05, 4.69) is 0 Å². The van der Waals surface area contributed by atoms with E-state index >= 15 is 0 Å². The van der Waals surface area contributed by atoms with Crippen molar-refractivity contribution in [3.05, 3.63) is 35.4 Å². The van der Waals surface area contributed by atoms with Gasteiger partial charge in [-0.1, -0.05) is 19.9 Å². The largest absolute Gasteiger partial charge is 0.387 e. The molecule has 1 atom stereocenters. The number of halogens is 2. The van der Waals surface area contributed by atoms with Gasteiger partial charge in [-0.05, 0) is 25.0 Å². The molecule has 1 aromatic carbocycles. The van der Waals surface area contributed by atoms with E-state index in [0.717, 1.165) is 12.1 Å². The molecular formula is C12H16F2O2. The van der Waals surface area contributed by atoms with Crippen LogP contribution >= 0.6 is 0 Å². The van der Waals surface area contributed by atoms with Gasteiger partial charge in [-0.3, -0.25) is 0 Å². The van der Waals surface area contributed by atoms with Crippen LogP contribution < -0.4 is 0 Å². The third-order valence-corrected chi connectivity index (χ3v) is 3.01. The SMILES string of the molecule is CCC(O)(CC)C(O)c1c(F)cccc1F. The Morgan fingerprint density at radius 3 is 2.00 bits per heavy atom. The zero-order valence-electron chi connectivity index (χ0n) is 9.37. The summed E-state index contributed by atoms with van der Waals surface area (Å²) in [5, 5.41) is 19.9. The van der Waals surface area contributed by atoms with Crippen LogP contribution in [0.15, 0.2) is 18.2 Å². The fraction of sp³-hybridized carbons (Fsp3) is 0.500. The van der Waals surface area contributed by atoms with E-state index in [0.29, 0.717) is 0 Å². The van der Waals surface area contributed by atoms with Crippen LogP contribution in [0.4, 0.5) is 8.78 Å². The predicted octanol–water partition coefficient (Wildman–Crippen LogP) is 2.55. The summed E-state index contributed by atoms with van der Waals surface area (Å²) < 4.78 is 26.8. The molecule has 4 heteroatoms. The minimum Gasteiger partial charge on any atom is -0.387 e. The van der Waals surface area contributed by atoms with Gasteiger partial charge < -0.3 is 10.2 Å². The topological polar surface area (TPSA) is 40.5 Å². The van der Waals surface area contributed by atoms with Crippen molar-refractivity contribution >= 4 is 0 Å². The molecule has 0 spiro atoms. The summed E-state index contributed by atoms with van der Waals surface area (Å²) in [6.07, 6.45) is -1.11. The van der Waals surface area contributed by atoms with Crippen molar-refractivity contribution in [2.24, 2.45) is 0 Å². The summed E-state index contributed by atoms with van der Waals surface area (Å²) in [7, 11) is 0. The first kappa shape index (κ1) is 13.1. The van der Waals surface area contributed by atoms with Crippen molar-refractivity contribution in [3.8, 4) is 0 Å². The molecule has 0 aliphatic rings. The molecule has 0 aliphatic heterocycles. The number of aliphatic hydroxyl groups is 2. The van der Waals surface area contributed by atoms with Gasteiger partial charge in [0.1, 0.15) is 17.7 Å². The molecule has 0 heterocycles. The Labute approximate surface area is 93.5 Å². The van der Waals surface area contributed by atoms with Crippen molar-refractivity contribution in [1.29, 1.82) is 0 Å². The lowest BCUT2D eigenvalue weighted by Gasteiger charge is -2.31. The average molecular weight is 230 g/mol. The van der Waals surface area contributed by atoms with Crippen LogP contribution in [0.3, 0.4) is 0 Å². The summed E-state index contributed by atoms with van der Waals surface area (Å²) in [6.45, 7) is 3.32. The molecule has 0 saturated heterocycles. The standard InChI is InChI=1S/C12H16F2O2/c1-3-12(16,4-2)11(15)10-8(13)6-5-7-9(10)14/h5-7,11,15-16H,3-4H2,1-2H3.